The Hall–Kier alpha value is -2.62. The van der Waals surface area contributed by atoms with E-state index in [0.717, 1.165) is 5.56 Å². The van der Waals surface area contributed by atoms with E-state index in [2.05, 4.69) is 5.32 Å². The van der Waals surface area contributed by atoms with E-state index in [1.807, 2.05) is 12.1 Å². The normalized spacial score (nSPS) is 9.68. The molecule has 0 unspecified atom stereocenters. The molecule has 0 aliphatic carbocycles. The van der Waals surface area contributed by atoms with Gasteiger partial charge >= 0.3 is 5.97 Å². The van der Waals surface area contributed by atoms with Gasteiger partial charge in [-0.1, -0.05) is 36.4 Å². The lowest BCUT2D eigenvalue weighted by atomic mass is 10.2. The van der Waals surface area contributed by atoms with Crippen molar-refractivity contribution in [2.24, 2.45) is 0 Å². The van der Waals surface area contributed by atoms with E-state index in [1.165, 1.54) is 0 Å². The molecular weight excluding hydrogens is 242 g/mol. The zero-order valence-electron chi connectivity index (χ0n) is 10.2. The Morgan fingerprint density at radius 1 is 1.05 bits per heavy atom. The summed E-state index contributed by atoms with van der Waals surface area (Å²) in [6.45, 7) is 0.116. The highest BCUT2D eigenvalue weighted by molar-refractivity contribution is 5.89. The molecule has 0 saturated heterocycles. The first-order chi connectivity index (χ1) is 9.31. The number of nitrogens with one attached hydrogen (secondary N) is 1. The first kappa shape index (κ1) is 12.8. The molecular formula is C15H13NO3. The van der Waals surface area contributed by atoms with Crippen molar-refractivity contribution < 1.29 is 14.3 Å². The van der Waals surface area contributed by atoms with Crippen molar-refractivity contribution in [2.45, 2.75) is 6.61 Å². The van der Waals surface area contributed by atoms with Crippen LogP contribution in [0.4, 0.5) is 5.69 Å². The topological polar surface area (TPSA) is 55.4 Å². The lowest BCUT2D eigenvalue weighted by Crippen LogP contribution is -2.07. The number of anilines is 1. The summed E-state index contributed by atoms with van der Waals surface area (Å²) in [5, 5.41) is 2.57. The summed E-state index contributed by atoms with van der Waals surface area (Å²) in [5.74, 6) is -0.387. The summed E-state index contributed by atoms with van der Waals surface area (Å²) in [6.07, 6.45) is 0.595. The van der Waals surface area contributed by atoms with Gasteiger partial charge in [-0.25, -0.2) is 4.79 Å². The van der Waals surface area contributed by atoms with Crippen LogP contribution in [0.2, 0.25) is 0 Å². The summed E-state index contributed by atoms with van der Waals surface area (Å²) in [4.78, 5) is 22.2. The van der Waals surface area contributed by atoms with Gasteiger partial charge in [-0.3, -0.25) is 4.79 Å². The molecule has 0 atom stereocenters. The van der Waals surface area contributed by atoms with Gasteiger partial charge in [0.1, 0.15) is 6.61 Å². The third-order valence-electron chi connectivity index (χ3n) is 2.60. The average molecular weight is 255 g/mol. The molecule has 0 spiro atoms. The third-order valence-corrected chi connectivity index (χ3v) is 2.60. The van der Waals surface area contributed by atoms with Crippen molar-refractivity contribution in [1.82, 2.24) is 0 Å². The van der Waals surface area contributed by atoms with Crippen LogP contribution in [0.15, 0.2) is 54.6 Å². The maximum atomic E-state index is 11.8. The number of benzene rings is 2. The van der Waals surface area contributed by atoms with Gasteiger partial charge in [0, 0.05) is 11.3 Å². The molecule has 2 aromatic rings. The molecule has 1 amide bonds. The highest BCUT2D eigenvalue weighted by atomic mass is 16.5. The SMILES string of the molecule is O=CNc1ccccc1COC(=O)c1ccccc1. The van der Waals surface area contributed by atoms with Crippen LogP contribution in [-0.4, -0.2) is 12.4 Å². The molecule has 1 N–H and O–H groups in total. The number of ether oxygens (including phenoxy) is 1. The smallest absolute Gasteiger partial charge is 0.338 e. The lowest BCUT2D eigenvalue weighted by molar-refractivity contribution is -0.105. The van der Waals surface area contributed by atoms with Gasteiger partial charge in [-0.15, -0.1) is 0 Å². The number of hydrogen-bond donors (Lipinski definition) is 1. The van der Waals surface area contributed by atoms with E-state index in [1.54, 1.807) is 42.5 Å². The van der Waals surface area contributed by atoms with Crippen LogP contribution in [0.5, 0.6) is 0 Å². The molecule has 0 fully saturated rings. The maximum absolute atomic E-state index is 11.8. The van der Waals surface area contributed by atoms with Crippen LogP contribution in [0.1, 0.15) is 15.9 Å². The minimum absolute atomic E-state index is 0.116. The van der Waals surface area contributed by atoms with E-state index >= 15 is 0 Å². The van der Waals surface area contributed by atoms with E-state index in [0.29, 0.717) is 17.7 Å². The van der Waals surface area contributed by atoms with Crippen molar-refractivity contribution >= 4 is 18.1 Å². The second-order valence-electron chi connectivity index (χ2n) is 3.86. The first-order valence-corrected chi connectivity index (χ1v) is 5.81. The van der Waals surface area contributed by atoms with Crippen molar-refractivity contribution in [3.8, 4) is 0 Å². The van der Waals surface area contributed by atoms with E-state index in [9.17, 15) is 9.59 Å². The molecule has 4 heteroatoms. The van der Waals surface area contributed by atoms with Crippen LogP contribution in [0.25, 0.3) is 0 Å². The predicted octanol–water partition coefficient (Wildman–Crippen LogP) is 2.61. The Balaban J connectivity index is 2.03. The van der Waals surface area contributed by atoms with Gasteiger partial charge in [0.2, 0.25) is 6.41 Å². The Kier molecular flexibility index (Phi) is 4.29. The number of carbonyl (C=O) groups is 2. The summed E-state index contributed by atoms with van der Waals surface area (Å²) in [6, 6.07) is 15.9. The number of carbonyl (C=O) groups excluding carboxylic acids is 2. The third kappa shape index (κ3) is 3.42. The zero-order valence-corrected chi connectivity index (χ0v) is 10.2. The highest BCUT2D eigenvalue weighted by Gasteiger charge is 2.08. The zero-order chi connectivity index (χ0) is 13.5. The van der Waals surface area contributed by atoms with Gasteiger partial charge in [-0.2, -0.15) is 0 Å². The predicted molar refractivity (Wildman–Crippen MR) is 71.7 cm³/mol. The fourth-order valence-electron chi connectivity index (χ4n) is 1.65. The number of esters is 1. The molecule has 96 valence electrons. The second-order valence-corrected chi connectivity index (χ2v) is 3.86. The minimum atomic E-state index is -0.387. The second kappa shape index (κ2) is 6.35. The molecule has 2 aromatic carbocycles. The van der Waals surface area contributed by atoms with Crippen LogP contribution in [-0.2, 0) is 16.1 Å². The fraction of sp³-hybridized carbons (Fsp3) is 0.0667. The number of amides is 1. The average Bonchev–Trinajstić information content (AvgIpc) is 2.47. The van der Waals surface area contributed by atoms with Crippen molar-refractivity contribution in [1.29, 1.82) is 0 Å². The van der Waals surface area contributed by atoms with Crippen LogP contribution in [0.3, 0.4) is 0 Å². The van der Waals surface area contributed by atoms with Crippen LogP contribution < -0.4 is 5.32 Å². The van der Waals surface area contributed by atoms with Gasteiger partial charge in [0.15, 0.2) is 0 Å². The molecule has 0 radical (unpaired) electrons. The standard InChI is InChI=1S/C15H13NO3/c17-11-16-14-9-5-4-8-13(14)10-19-15(18)12-6-2-1-3-7-12/h1-9,11H,10H2,(H,16,17). The molecule has 0 saturated carbocycles. The number of rotatable bonds is 5. The van der Waals surface area contributed by atoms with E-state index < -0.39 is 0 Å². The molecule has 19 heavy (non-hydrogen) atoms. The van der Waals surface area contributed by atoms with Gasteiger partial charge < -0.3 is 10.1 Å². The van der Waals surface area contributed by atoms with E-state index in [4.69, 9.17) is 4.74 Å². The Morgan fingerprint density at radius 2 is 1.74 bits per heavy atom. The van der Waals surface area contributed by atoms with Gasteiger partial charge in [-0.05, 0) is 18.2 Å². The quantitative estimate of drug-likeness (QED) is 0.660. The van der Waals surface area contributed by atoms with Crippen LogP contribution >= 0.6 is 0 Å². The van der Waals surface area contributed by atoms with Gasteiger partial charge in [0.05, 0.1) is 5.56 Å². The van der Waals surface area contributed by atoms with Gasteiger partial charge in [0.25, 0.3) is 0 Å². The highest BCUT2D eigenvalue weighted by Crippen LogP contribution is 2.16. The number of para-hydroxylation sites is 1. The Labute approximate surface area is 111 Å². The summed E-state index contributed by atoms with van der Waals surface area (Å²) < 4.78 is 5.21. The number of hydrogen-bond acceptors (Lipinski definition) is 3. The molecule has 0 heterocycles. The maximum Gasteiger partial charge on any atom is 0.338 e. The molecule has 2 rings (SSSR count). The summed E-state index contributed by atoms with van der Waals surface area (Å²) >= 11 is 0. The first-order valence-electron chi connectivity index (χ1n) is 5.81. The van der Waals surface area contributed by atoms with Crippen LogP contribution in [0, 0.1) is 0 Å². The van der Waals surface area contributed by atoms with Crippen molar-refractivity contribution in [3.05, 3.63) is 65.7 Å². The monoisotopic (exact) mass is 255 g/mol. The van der Waals surface area contributed by atoms with E-state index in [-0.39, 0.29) is 12.6 Å². The molecule has 0 aliphatic rings. The molecule has 0 aliphatic heterocycles. The Bertz CT molecular complexity index is 567. The Morgan fingerprint density at radius 3 is 2.47 bits per heavy atom. The fourth-order valence-corrected chi connectivity index (χ4v) is 1.65. The molecule has 0 aromatic heterocycles. The van der Waals surface area contributed by atoms with Crippen molar-refractivity contribution in [3.63, 3.8) is 0 Å². The molecule has 4 nitrogen and oxygen atoms in total. The summed E-state index contributed by atoms with van der Waals surface area (Å²) in [5.41, 5.74) is 1.89. The summed E-state index contributed by atoms with van der Waals surface area (Å²) in [7, 11) is 0. The lowest BCUT2D eigenvalue weighted by Gasteiger charge is -2.09. The van der Waals surface area contributed by atoms with Crippen molar-refractivity contribution in [2.75, 3.05) is 5.32 Å². The minimum Gasteiger partial charge on any atom is -0.457 e. The largest absolute Gasteiger partial charge is 0.457 e. The molecule has 0 bridgehead atoms.